The predicted octanol–water partition coefficient (Wildman–Crippen LogP) is 3.72. The molecule has 1 atom stereocenters. The Morgan fingerprint density at radius 2 is 2.05 bits per heavy atom. The molecule has 1 aromatic heterocycles. The number of nitrogens with one attached hydrogen (secondary N) is 1. The van der Waals surface area contributed by atoms with Crippen molar-refractivity contribution in [2.75, 3.05) is 6.54 Å². The van der Waals surface area contributed by atoms with Gasteiger partial charge in [-0.05, 0) is 43.5 Å². The SMILES string of the molecule is O=C(c1ccc2[nH]ccc2c1)N1CCCCC1C(F)(F)F. The first-order valence-corrected chi connectivity index (χ1v) is 6.91. The van der Waals surface area contributed by atoms with E-state index in [2.05, 4.69) is 4.98 Å². The van der Waals surface area contributed by atoms with Gasteiger partial charge in [-0.1, -0.05) is 0 Å². The molecule has 1 aliphatic heterocycles. The van der Waals surface area contributed by atoms with Gasteiger partial charge in [0, 0.05) is 29.2 Å². The first-order chi connectivity index (χ1) is 9.97. The number of amides is 1. The number of carbonyl (C=O) groups excluding carboxylic acids is 1. The van der Waals surface area contributed by atoms with E-state index < -0.39 is 18.1 Å². The highest BCUT2D eigenvalue weighted by molar-refractivity contribution is 5.98. The molecule has 0 radical (unpaired) electrons. The zero-order valence-electron chi connectivity index (χ0n) is 11.3. The summed E-state index contributed by atoms with van der Waals surface area (Å²) in [4.78, 5) is 16.4. The summed E-state index contributed by atoms with van der Waals surface area (Å²) >= 11 is 0. The number of rotatable bonds is 1. The second kappa shape index (κ2) is 5.09. The zero-order chi connectivity index (χ0) is 15.0. The molecule has 0 saturated carbocycles. The molecule has 1 unspecified atom stereocenters. The van der Waals surface area contributed by atoms with Gasteiger partial charge in [-0.3, -0.25) is 4.79 Å². The lowest BCUT2D eigenvalue weighted by molar-refractivity contribution is -0.183. The van der Waals surface area contributed by atoms with Crippen LogP contribution < -0.4 is 0 Å². The van der Waals surface area contributed by atoms with Gasteiger partial charge in [0.05, 0.1) is 0 Å². The summed E-state index contributed by atoms with van der Waals surface area (Å²) in [5.74, 6) is -0.542. The standard InChI is InChI=1S/C15H15F3N2O/c16-15(17,18)13-3-1-2-8-20(13)14(21)11-4-5-12-10(9-11)6-7-19-12/h4-7,9,13,19H,1-3,8H2. The van der Waals surface area contributed by atoms with Gasteiger partial charge in [0.1, 0.15) is 6.04 Å². The fourth-order valence-corrected chi connectivity index (χ4v) is 2.87. The number of nitrogens with zero attached hydrogens (tertiary/aromatic N) is 1. The van der Waals surface area contributed by atoms with Gasteiger partial charge >= 0.3 is 6.18 Å². The molecule has 2 heterocycles. The molecule has 2 aromatic rings. The van der Waals surface area contributed by atoms with Crippen molar-refractivity contribution in [1.29, 1.82) is 0 Å². The quantitative estimate of drug-likeness (QED) is 0.855. The Morgan fingerprint density at radius 1 is 1.24 bits per heavy atom. The number of hydrogen-bond acceptors (Lipinski definition) is 1. The van der Waals surface area contributed by atoms with E-state index in [1.807, 2.05) is 0 Å². The number of halogens is 3. The van der Waals surface area contributed by atoms with Crippen LogP contribution in [-0.4, -0.2) is 34.6 Å². The molecule has 1 N–H and O–H groups in total. The molecule has 6 heteroatoms. The van der Waals surface area contributed by atoms with Gasteiger partial charge in [-0.2, -0.15) is 13.2 Å². The predicted molar refractivity (Wildman–Crippen MR) is 73.0 cm³/mol. The largest absolute Gasteiger partial charge is 0.408 e. The van der Waals surface area contributed by atoms with Crippen LogP contribution in [0, 0.1) is 0 Å². The summed E-state index contributed by atoms with van der Waals surface area (Å²) < 4.78 is 39.2. The third kappa shape index (κ3) is 2.62. The van der Waals surface area contributed by atoms with Crippen molar-refractivity contribution in [2.45, 2.75) is 31.5 Å². The van der Waals surface area contributed by atoms with Crippen LogP contribution in [-0.2, 0) is 0 Å². The summed E-state index contributed by atoms with van der Waals surface area (Å²) in [7, 11) is 0. The number of piperidine rings is 1. The highest BCUT2D eigenvalue weighted by Crippen LogP contribution is 2.33. The van der Waals surface area contributed by atoms with E-state index in [0.29, 0.717) is 18.4 Å². The first kappa shape index (κ1) is 14.0. The molecule has 1 fully saturated rings. The third-order valence-electron chi connectivity index (χ3n) is 3.94. The smallest absolute Gasteiger partial charge is 0.361 e. The minimum absolute atomic E-state index is 0.0123. The molecule has 1 aliphatic rings. The van der Waals surface area contributed by atoms with Crippen LogP contribution in [0.4, 0.5) is 13.2 Å². The van der Waals surface area contributed by atoms with E-state index in [9.17, 15) is 18.0 Å². The number of hydrogen-bond donors (Lipinski definition) is 1. The summed E-state index contributed by atoms with van der Waals surface area (Å²) in [5, 5.41) is 0.821. The molecule has 1 amide bonds. The Balaban J connectivity index is 1.91. The van der Waals surface area contributed by atoms with E-state index >= 15 is 0 Å². The highest BCUT2D eigenvalue weighted by Gasteiger charge is 2.46. The Morgan fingerprint density at radius 3 is 2.81 bits per heavy atom. The van der Waals surface area contributed by atoms with Crippen LogP contribution in [0.2, 0.25) is 0 Å². The molecule has 0 aliphatic carbocycles. The zero-order valence-corrected chi connectivity index (χ0v) is 11.3. The van der Waals surface area contributed by atoms with Gasteiger partial charge in [0.15, 0.2) is 0 Å². The molecule has 0 bridgehead atoms. The van der Waals surface area contributed by atoms with Crippen LogP contribution in [0.15, 0.2) is 30.5 Å². The van der Waals surface area contributed by atoms with E-state index in [0.717, 1.165) is 15.8 Å². The topological polar surface area (TPSA) is 36.1 Å². The van der Waals surface area contributed by atoms with Crippen molar-refractivity contribution in [3.05, 3.63) is 36.0 Å². The molecule has 112 valence electrons. The third-order valence-corrected chi connectivity index (χ3v) is 3.94. The number of H-pyrrole nitrogens is 1. The molecule has 1 saturated heterocycles. The Labute approximate surface area is 119 Å². The maximum Gasteiger partial charge on any atom is 0.408 e. The van der Waals surface area contributed by atoms with E-state index in [4.69, 9.17) is 0 Å². The monoisotopic (exact) mass is 296 g/mol. The fraction of sp³-hybridized carbons (Fsp3) is 0.400. The Kier molecular flexibility index (Phi) is 3.39. The van der Waals surface area contributed by atoms with Crippen LogP contribution >= 0.6 is 0 Å². The molecule has 0 spiro atoms. The second-order valence-corrected chi connectivity index (χ2v) is 5.33. The average molecular weight is 296 g/mol. The van der Waals surface area contributed by atoms with Crippen molar-refractivity contribution in [3.8, 4) is 0 Å². The number of fused-ring (bicyclic) bond motifs is 1. The van der Waals surface area contributed by atoms with Gasteiger partial charge in [0.25, 0.3) is 5.91 Å². The van der Waals surface area contributed by atoms with Crippen molar-refractivity contribution in [2.24, 2.45) is 0 Å². The number of alkyl halides is 3. The molecular weight excluding hydrogens is 281 g/mol. The number of aromatic amines is 1. The summed E-state index contributed by atoms with van der Waals surface area (Å²) in [6, 6.07) is 5.05. The molecule has 3 rings (SSSR count). The average Bonchev–Trinajstić information content (AvgIpc) is 2.93. The highest BCUT2D eigenvalue weighted by atomic mass is 19.4. The lowest BCUT2D eigenvalue weighted by atomic mass is 10.00. The minimum atomic E-state index is -4.37. The van der Waals surface area contributed by atoms with Crippen molar-refractivity contribution in [3.63, 3.8) is 0 Å². The van der Waals surface area contributed by atoms with Crippen molar-refractivity contribution in [1.82, 2.24) is 9.88 Å². The van der Waals surface area contributed by atoms with Crippen LogP contribution in [0.3, 0.4) is 0 Å². The van der Waals surface area contributed by atoms with Gasteiger partial charge in [-0.25, -0.2) is 0 Å². The summed E-state index contributed by atoms with van der Waals surface area (Å²) in [6.07, 6.45) is -1.52. The first-order valence-electron chi connectivity index (χ1n) is 6.91. The lowest BCUT2D eigenvalue weighted by Gasteiger charge is -2.36. The number of likely N-dealkylation sites (tertiary alicyclic amines) is 1. The van der Waals surface area contributed by atoms with Gasteiger partial charge in [-0.15, -0.1) is 0 Å². The minimum Gasteiger partial charge on any atom is -0.361 e. The fourth-order valence-electron chi connectivity index (χ4n) is 2.87. The maximum absolute atomic E-state index is 13.1. The Bertz CT molecular complexity index is 662. The summed E-state index contributed by atoms with van der Waals surface area (Å²) in [6.45, 7) is 0.161. The number of aromatic nitrogens is 1. The molecule has 1 aromatic carbocycles. The van der Waals surface area contributed by atoms with Crippen molar-refractivity contribution >= 4 is 16.8 Å². The van der Waals surface area contributed by atoms with E-state index in [-0.39, 0.29) is 13.0 Å². The van der Waals surface area contributed by atoms with Crippen LogP contribution in [0.25, 0.3) is 10.9 Å². The van der Waals surface area contributed by atoms with Crippen LogP contribution in [0.1, 0.15) is 29.6 Å². The molecule has 3 nitrogen and oxygen atoms in total. The van der Waals surface area contributed by atoms with Gasteiger partial charge in [0.2, 0.25) is 0 Å². The Hall–Kier alpha value is -1.98. The second-order valence-electron chi connectivity index (χ2n) is 5.33. The maximum atomic E-state index is 13.1. The molecule has 21 heavy (non-hydrogen) atoms. The van der Waals surface area contributed by atoms with E-state index in [1.165, 1.54) is 0 Å². The number of benzene rings is 1. The normalized spacial score (nSPS) is 20.0. The van der Waals surface area contributed by atoms with Crippen molar-refractivity contribution < 1.29 is 18.0 Å². The lowest BCUT2D eigenvalue weighted by Crippen LogP contribution is -2.51. The van der Waals surface area contributed by atoms with E-state index in [1.54, 1.807) is 30.5 Å². The summed E-state index contributed by atoms with van der Waals surface area (Å²) in [5.41, 5.74) is 1.16. The van der Waals surface area contributed by atoms with Crippen LogP contribution in [0.5, 0.6) is 0 Å². The number of carbonyl (C=O) groups is 1. The molecular formula is C15H15F3N2O. The van der Waals surface area contributed by atoms with Gasteiger partial charge < -0.3 is 9.88 Å².